The molecule has 0 saturated heterocycles. The van der Waals surface area contributed by atoms with E-state index in [1.165, 1.54) is 11.6 Å². The third-order valence-corrected chi connectivity index (χ3v) is 1.71. The van der Waals surface area contributed by atoms with E-state index in [2.05, 4.69) is 25.9 Å². The number of rotatable bonds is 3. The molecule has 0 aromatic carbocycles. The van der Waals surface area contributed by atoms with Gasteiger partial charge in [-0.3, -0.25) is 4.68 Å². The molecule has 0 unspecified atom stereocenters. The molecule has 1 radical (unpaired) electrons. The van der Waals surface area contributed by atoms with Crippen LogP contribution in [0.15, 0.2) is 6.07 Å². The molecule has 1 heterocycles. The van der Waals surface area contributed by atoms with Crippen molar-refractivity contribution in [3.63, 3.8) is 0 Å². The predicted octanol–water partition coefficient (Wildman–Crippen LogP) is 1.64. The fourth-order valence-electron chi connectivity index (χ4n) is 1.20. The van der Waals surface area contributed by atoms with Crippen LogP contribution in [0.4, 0.5) is 5.82 Å². The van der Waals surface area contributed by atoms with Crippen LogP contribution in [0.25, 0.3) is 0 Å². The molecule has 0 atom stereocenters. The molecule has 1 aromatic rings. The Labute approximate surface area is 73.6 Å². The molecule has 12 heavy (non-hydrogen) atoms. The zero-order valence-corrected chi connectivity index (χ0v) is 7.96. The van der Waals surface area contributed by atoms with E-state index in [1.807, 2.05) is 10.7 Å². The molecule has 0 spiro atoms. The average Bonchev–Trinajstić information content (AvgIpc) is 2.29. The van der Waals surface area contributed by atoms with Crippen molar-refractivity contribution in [1.82, 2.24) is 9.78 Å². The summed E-state index contributed by atoms with van der Waals surface area (Å²) in [5.41, 5.74) is 6.79. The minimum atomic E-state index is 0.619. The van der Waals surface area contributed by atoms with Crippen LogP contribution in [-0.4, -0.2) is 9.78 Å². The molecule has 0 fully saturated rings. The van der Waals surface area contributed by atoms with E-state index in [0.29, 0.717) is 5.82 Å². The minimum absolute atomic E-state index is 0.619. The van der Waals surface area contributed by atoms with Crippen LogP contribution in [0.5, 0.6) is 0 Å². The van der Waals surface area contributed by atoms with Crippen molar-refractivity contribution < 1.29 is 0 Å². The third kappa shape index (κ3) is 2.00. The van der Waals surface area contributed by atoms with E-state index < -0.39 is 0 Å². The molecular formula is C9H16N3. The van der Waals surface area contributed by atoms with Crippen LogP contribution in [0, 0.1) is 5.92 Å². The number of aromatic nitrogens is 2. The summed E-state index contributed by atoms with van der Waals surface area (Å²) in [6.07, 6.45) is 0.984. The highest BCUT2D eigenvalue weighted by Crippen LogP contribution is 2.09. The van der Waals surface area contributed by atoms with E-state index in [-0.39, 0.29) is 0 Å². The smallest absolute Gasteiger partial charge is 0.145 e. The molecule has 0 aliphatic rings. The molecule has 2 N–H and O–H groups in total. The van der Waals surface area contributed by atoms with Gasteiger partial charge in [-0.05, 0) is 12.3 Å². The summed E-state index contributed by atoms with van der Waals surface area (Å²) in [4.78, 5) is 0. The first-order chi connectivity index (χ1) is 5.63. The fourth-order valence-corrected chi connectivity index (χ4v) is 1.20. The molecule has 0 aliphatic carbocycles. The second-order valence-electron chi connectivity index (χ2n) is 3.28. The Bertz CT molecular complexity index is 250. The number of nitrogen functional groups attached to an aromatic ring is 1. The first-order valence-corrected chi connectivity index (χ1v) is 4.24. The molecule has 3 heteroatoms. The van der Waals surface area contributed by atoms with Crippen LogP contribution in [0.1, 0.15) is 26.5 Å². The van der Waals surface area contributed by atoms with Crippen molar-refractivity contribution in [2.75, 3.05) is 5.73 Å². The Morgan fingerprint density at radius 2 is 2.25 bits per heavy atom. The topological polar surface area (TPSA) is 43.8 Å². The van der Waals surface area contributed by atoms with Gasteiger partial charge in [0.25, 0.3) is 0 Å². The summed E-state index contributed by atoms with van der Waals surface area (Å²) >= 11 is 0. The summed E-state index contributed by atoms with van der Waals surface area (Å²) in [7, 11) is 0. The Morgan fingerprint density at radius 1 is 1.58 bits per heavy atom. The second kappa shape index (κ2) is 3.61. The van der Waals surface area contributed by atoms with Crippen molar-refractivity contribution in [3.05, 3.63) is 17.7 Å². The molecule has 0 bridgehead atoms. The Morgan fingerprint density at radius 3 is 2.75 bits per heavy atom. The van der Waals surface area contributed by atoms with Crippen LogP contribution >= 0.6 is 0 Å². The minimum Gasteiger partial charge on any atom is -0.382 e. The van der Waals surface area contributed by atoms with Crippen molar-refractivity contribution in [2.45, 2.75) is 33.7 Å². The summed E-state index contributed by atoms with van der Waals surface area (Å²) in [6.45, 7) is 7.17. The number of anilines is 1. The predicted molar refractivity (Wildman–Crippen MR) is 50.6 cm³/mol. The highest BCUT2D eigenvalue weighted by Gasteiger charge is 2.04. The van der Waals surface area contributed by atoms with E-state index in [1.54, 1.807) is 0 Å². The van der Waals surface area contributed by atoms with Crippen molar-refractivity contribution in [3.8, 4) is 0 Å². The third-order valence-electron chi connectivity index (χ3n) is 1.71. The molecule has 67 valence electrons. The molecule has 1 aromatic heterocycles. The molecule has 0 saturated carbocycles. The number of nitrogens with two attached hydrogens (primary N) is 1. The maximum atomic E-state index is 5.59. The van der Waals surface area contributed by atoms with E-state index in [4.69, 9.17) is 5.73 Å². The lowest BCUT2D eigenvalue weighted by atomic mass is 10.2. The summed E-state index contributed by atoms with van der Waals surface area (Å²) in [6, 6.07) is 1.93. The Hall–Kier alpha value is -0.990. The van der Waals surface area contributed by atoms with Crippen LogP contribution in [0.2, 0.25) is 0 Å². The van der Waals surface area contributed by atoms with Gasteiger partial charge in [-0.25, -0.2) is 0 Å². The van der Waals surface area contributed by atoms with Crippen molar-refractivity contribution in [1.29, 1.82) is 0 Å². The first kappa shape index (κ1) is 9.10. The van der Waals surface area contributed by atoms with Gasteiger partial charge < -0.3 is 5.73 Å². The number of nitrogens with zero attached hydrogens (tertiary/aromatic N) is 2. The number of hydrogen-bond acceptors (Lipinski definition) is 2. The molecular weight excluding hydrogens is 150 g/mol. The molecule has 1 rings (SSSR count). The van der Waals surface area contributed by atoms with Crippen LogP contribution < -0.4 is 5.73 Å². The van der Waals surface area contributed by atoms with Crippen LogP contribution in [-0.2, 0) is 13.0 Å². The van der Waals surface area contributed by atoms with Gasteiger partial charge in [-0.15, -0.1) is 0 Å². The maximum absolute atomic E-state index is 5.59. The lowest BCUT2D eigenvalue weighted by Crippen LogP contribution is -2.08. The lowest BCUT2D eigenvalue weighted by molar-refractivity contribution is 0.603. The zero-order valence-electron chi connectivity index (χ0n) is 7.96. The van der Waals surface area contributed by atoms with Crippen molar-refractivity contribution in [2.24, 2.45) is 0 Å². The quantitative estimate of drug-likeness (QED) is 0.741. The van der Waals surface area contributed by atoms with Gasteiger partial charge in [0.05, 0.1) is 0 Å². The van der Waals surface area contributed by atoms with E-state index in [0.717, 1.165) is 13.0 Å². The standard InChI is InChI=1S/C9H16N3/c1-4-8-5-9(10)11-12(8)6-7(2)3/h5H,4,6H2,1-3H3,(H2,10,11). The average molecular weight is 166 g/mol. The van der Waals surface area contributed by atoms with Gasteiger partial charge in [0.1, 0.15) is 5.82 Å². The summed E-state index contributed by atoms with van der Waals surface area (Å²) in [5, 5.41) is 4.20. The number of hydrogen-bond donors (Lipinski definition) is 1. The van der Waals surface area contributed by atoms with Crippen molar-refractivity contribution >= 4 is 5.82 Å². The zero-order chi connectivity index (χ0) is 9.14. The van der Waals surface area contributed by atoms with E-state index in [9.17, 15) is 0 Å². The van der Waals surface area contributed by atoms with Gasteiger partial charge in [0, 0.05) is 18.3 Å². The van der Waals surface area contributed by atoms with Crippen LogP contribution in [0.3, 0.4) is 0 Å². The van der Waals surface area contributed by atoms with Gasteiger partial charge in [0.2, 0.25) is 0 Å². The van der Waals surface area contributed by atoms with Gasteiger partial charge in [-0.1, -0.05) is 20.8 Å². The summed E-state index contributed by atoms with van der Waals surface area (Å²) < 4.78 is 1.96. The maximum Gasteiger partial charge on any atom is 0.145 e. The Kier molecular flexibility index (Phi) is 2.74. The first-order valence-electron chi connectivity index (χ1n) is 4.24. The van der Waals surface area contributed by atoms with Gasteiger partial charge >= 0.3 is 0 Å². The normalized spacial score (nSPS) is 11.0. The lowest BCUT2D eigenvalue weighted by Gasteiger charge is -2.07. The monoisotopic (exact) mass is 166 g/mol. The highest BCUT2D eigenvalue weighted by atomic mass is 15.3. The SMILES string of the molecule is CCc1cc(N)nn1C[C](C)C. The second-order valence-corrected chi connectivity index (χ2v) is 3.28. The highest BCUT2D eigenvalue weighted by molar-refractivity contribution is 5.29. The largest absolute Gasteiger partial charge is 0.382 e. The molecule has 0 aliphatic heterocycles. The van der Waals surface area contributed by atoms with Gasteiger partial charge in [-0.2, -0.15) is 5.10 Å². The fraction of sp³-hybridized carbons (Fsp3) is 0.556. The molecule has 0 amide bonds. The summed E-state index contributed by atoms with van der Waals surface area (Å²) in [5.74, 6) is 1.96. The molecule has 3 nitrogen and oxygen atoms in total. The Balaban J connectivity index is 2.81. The van der Waals surface area contributed by atoms with E-state index >= 15 is 0 Å². The van der Waals surface area contributed by atoms with Gasteiger partial charge in [0.15, 0.2) is 0 Å². The number of aryl methyl sites for hydroxylation is 1.